The van der Waals surface area contributed by atoms with Crippen LogP contribution in [0.2, 0.25) is 0 Å². The highest BCUT2D eigenvalue weighted by molar-refractivity contribution is 5.14. The fraction of sp³-hybridized carbons (Fsp3) is 1.00. The molecule has 0 saturated carbocycles. The fourth-order valence-corrected chi connectivity index (χ4v) is 4.14. The third kappa shape index (κ3) is 1.18. The smallest absolute Gasteiger partial charge is 0.0557 e. The Morgan fingerprint density at radius 3 is 2.40 bits per heavy atom. The lowest BCUT2D eigenvalue weighted by Crippen LogP contribution is -2.49. The second-order valence-corrected chi connectivity index (χ2v) is 6.98. The van der Waals surface area contributed by atoms with Crippen LogP contribution in [0.5, 0.6) is 0 Å². The quantitative estimate of drug-likeness (QED) is 0.607. The molecule has 3 fully saturated rings. The van der Waals surface area contributed by atoms with E-state index in [1.807, 2.05) is 0 Å². The van der Waals surface area contributed by atoms with Gasteiger partial charge in [-0.25, -0.2) is 0 Å². The van der Waals surface area contributed by atoms with Gasteiger partial charge in [-0.15, -0.1) is 0 Å². The van der Waals surface area contributed by atoms with Gasteiger partial charge in [0.15, 0.2) is 0 Å². The number of ether oxygens (including phenoxy) is 1. The van der Waals surface area contributed by atoms with Crippen molar-refractivity contribution in [1.29, 1.82) is 0 Å². The summed E-state index contributed by atoms with van der Waals surface area (Å²) in [5.41, 5.74) is 1.44. The van der Waals surface area contributed by atoms with Crippen LogP contribution in [-0.2, 0) is 4.74 Å². The van der Waals surface area contributed by atoms with Crippen molar-refractivity contribution in [3.05, 3.63) is 0 Å². The number of hydrogen-bond donors (Lipinski definition) is 0. The van der Waals surface area contributed by atoms with E-state index >= 15 is 0 Å². The Hall–Kier alpha value is -0.0800. The van der Waals surface area contributed by atoms with E-state index in [2.05, 4.69) is 25.7 Å². The van der Waals surface area contributed by atoms with E-state index < -0.39 is 0 Å². The molecule has 0 radical (unpaired) electrons. The average molecular weight is 209 g/mol. The van der Waals surface area contributed by atoms with Gasteiger partial charge in [0.1, 0.15) is 0 Å². The van der Waals surface area contributed by atoms with Crippen molar-refractivity contribution < 1.29 is 4.74 Å². The van der Waals surface area contributed by atoms with Crippen molar-refractivity contribution in [1.82, 2.24) is 4.90 Å². The van der Waals surface area contributed by atoms with E-state index in [4.69, 9.17) is 4.74 Å². The van der Waals surface area contributed by atoms with Crippen LogP contribution in [0.1, 0.15) is 40.0 Å². The number of rotatable bonds is 0. The lowest BCUT2D eigenvalue weighted by molar-refractivity contribution is -0.108. The molecule has 3 saturated heterocycles. The summed E-state index contributed by atoms with van der Waals surface area (Å²) < 4.78 is 5.46. The molecule has 0 aromatic heterocycles. The maximum atomic E-state index is 5.46. The van der Waals surface area contributed by atoms with Gasteiger partial charge >= 0.3 is 0 Å². The molecule has 0 aromatic rings. The van der Waals surface area contributed by atoms with E-state index in [9.17, 15) is 0 Å². The standard InChI is InChI=1S/C13H23NO/c1-11(2,3)13-5-4-6-14(13)8-12(7-13)9-15-10-12/h4-10H2,1-3H3. The van der Waals surface area contributed by atoms with Crippen LogP contribution in [0.15, 0.2) is 0 Å². The first-order chi connectivity index (χ1) is 6.98. The molecule has 3 aliphatic rings. The van der Waals surface area contributed by atoms with Crippen molar-refractivity contribution >= 4 is 0 Å². The zero-order valence-corrected chi connectivity index (χ0v) is 10.3. The van der Waals surface area contributed by atoms with Crippen molar-refractivity contribution in [2.75, 3.05) is 26.3 Å². The predicted octanol–water partition coefficient (Wildman–Crippen LogP) is 2.29. The Morgan fingerprint density at radius 2 is 1.93 bits per heavy atom. The molecule has 1 atom stereocenters. The third-order valence-electron chi connectivity index (χ3n) is 5.03. The van der Waals surface area contributed by atoms with Gasteiger partial charge in [0.05, 0.1) is 13.2 Å². The zero-order chi connectivity index (χ0) is 10.7. The van der Waals surface area contributed by atoms with Gasteiger partial charge in [0.2, 0.25) is 0 Å². The summed E-state index contributed by atoms with van der Waals surface area (Å²) in [7, 11) is 0. The van der Waals surface area contributed by atoms with Crippen LogP contribution < -0.4 is 0 Å². The highest BCUT2D eigenvalue weighted by Crippen LogP contribution is 2.57. The molecule has 1 spiro atoms. The van der Waals surface area contributed by atoms with Gasteiger partial charge in [-0.3, -0.25) is 4.90 Å². The van der Waals surface area contributed by atoms with Crippen LogP contribution in [0.3, 0.4) is 0 Å². The molecule has 0 bridgehead atoms. The van der Waals surface area contributed by atoms with E-state index in [0.29, 0.717) is 16.4 Å². The van der Waals surface area contributed by atoms with Crippen molar-refractivity contribution in [2.24, 2.45) is 10.8 Å². The minimum Gasteiger partial charge on any atom is -0.380 e. The molecule has 3 rings (SSSR count). The van der Waals surface area contributed by atoms with Gasteiger partial charge in [-0.05, 0) is 31.2 Å². The Kier molecular flexibility index (Phi) is 1.87. The first kappa shape index (κ1) is 10.1. The first-order valence-electron chi connectivity index (χ1n) is 6.30. The summed E-state index contributed by atoms with van der Waals surface area (Å²) in [6.45, 7) is 11.9. The largest absolute Gasteiger partial charge is 0.380 e. The Labute approximate surface area is 93.0 Å². The topological polar surface area (TPSA) is 12.5 Å². The number of hydrogen-bond acceptors (Lipinski definition) is 2. The SMILES string of the molecule is CC(C)(C)C12CCCN1CC1(COC1)C2. The molecule has 2 nitrogen and oxygen atoms in total. The molecule has 3 aliphatic heterocycles. The summed E-state index contributed by atoms with van der Waals surface area (Å²) in [6, 6.07) is 0. The maximum Gasteiger partial charge on any atom is 0.0557 e. The Balaban J connectivity index is 1.92. The molecular formula is C13H23NO. The highest BCUT2D eigenvalue weighted by Gasteiger charge is 2.61. The third-order valence-corrected chi connectivity index (χ3v) is 5.03. The van der Waals surface area contributed by atoms with E-state index in [1.54, 1.807) is 0 Å². The van der Waals surface area contributed by atoms with E-state index in [1.165, 1.54) is 32.4 Å². The van der Waals surface area contributed by atoms with Crippen molar-refractivity contribution in [3.63, 3.8) is 0 Å². The molecule has 0 amide bonds. The second-order valence-electron chi connectivity index (χ2n) is 6.98. The molecule has 0 aliphatic carbocycles. The zero-order valence-electron chi connectivity index (χ0n) is 10.3. The summed E-state index contributed by atoms with van der Waals surface area (Å²) in [4.78, 5) is 2.77. The Bertz CT molecular complexity index is 277. The van der Waals surface area contributed by atoms with Gasteiger partial charge in [-0.2, -0.15) is 0 Å². The number of nitrogens with zero attached hydrogens (tertiary/aromatic N) is 1. The van der Waals surface area contributed by atoms with Gasteiger partial charge in [0, 0.05) is 17.5 Å². The predicted molar refractivity (Wildman–Crippen MR) is 60.9 cm³/mol. The van der Waals surface area contributed by atoms with E-state index in [-0.39, 0.29) is 0 Å². The summed E-state index contributed by atoms with van der Waals surface area (Å²) >= 11 is 0. The normalized spacial score (nSPS) is 39.4. The molecule has 3 heterocycles. The molecule has 2 heteroatoms. The van der Waals surface area contributed by atoms with Gasteiger partial charge in [-0.1, -0.05) is 20.8 Å². The van der Waals surface area contributed by atoms with Gasteiger partial charge < -0.3 is 4.74 Å². The monoisotopic (exact) mass is 209 g/mol. The second kappa shape index (κ2) is 2.78. The summed E-state index contributed by atoms with van der Waals surface area (Å²) in [5.74, 6) is 0. The first-order valence-corrected chi connectivity index (χ1v) is 6.30. The summed E-state index contributed by atoms with van der Waals surface area (Å²) in [6.07, 6.45) is 4.18. The van der Waals surface area contributed by atoms with Crippen LogP contribution in [0.4, 0.5) is 0 Å². The van der Waals surface area contributed by atoms with E-state index in [0.717, 1.165) is 13.2 Å². The molecule has 86 valence electrons. The van der Waals surface area contributed by atoms with Crippen LogP contribution >= 0.6 is 0 Å². The average Bonchev–Trinajstić information content (AvgIpc) is 2.52. The number of fused-ring (bicyclic) bond motifs is 1. The highest BCUT2D eigenvalue weighted by atomic mass is 16.5. The molecule has 0 aromatic carbocycles. The minimum atomic E-state index is 0.419. The molecule has 0 N–H and O–H groups in total. The van der Waals surface area contributed by atoms with Crippen LogP contribution in [0.25, 0.3) is 0 Å². The molecule has 15 heavy (non-hydrogen) atoms. The minimum absolute atomic E-state index is 0.419. The van der Waals surface area contributed by atoms with Crippen LogP contribution in [-0.4, -0.2) is 36.7 Å². The lowest BCUT2D eigenvalue weighted by atomic mass is 9.66. The van der Waals surface area contributed by atoms with Crippen LogP contribution in [0, 0.1) is 10.8 Å². The molecule has 1 unspecified atom stereocenters. The Morgan fingerprint density at radius 1 is 1.20 bits per heavy atom. The fourth-order valence-electron chi connectivity index (χ4n) is 4.14. The maximum absolute atomic E-state index is 5.46. The van der Waals surface area contributed by atoms with Crippen molar-refractivity contribution in [2.45, 2.75) is 45.6 Å². The summed E-state index contributed by atoms with van der Waals surface area (Å²) in [5, 5.41) is 0. The van der Waals surface area contributed by atoms with Crippen molar-refractivity contribution in [3.8, 4) is 0 Å². The van der Waals surface area contributed by atoms with Gasteiger partial charge in [0.25, 0.3) is 0 Å². The molecular weight excluding hydrogens is 186 g/mol. The lowest BCUT2D eigenvalue weighted by Gasteiger charge is -2.45.